The number of methoxy groups -OCH3 is 1. The number of rotatable bonds is 3. The quantitative estimate of drug-likeness (QED) is 0.715. The van der Waals surface area contributed by atoms with Crippen LogP contribution in [0, 0.1) is 23.7 Å². The molecular formula is C21H28O. The summed E-state index contributed by atoms with van der Waals surface area (Å²) < 4.78 is 5.57. The first-order valence-electron chi connectivity index (χ1n) is 9.49. The third kappa shape index (κ3) is 1.97. The molecule has 5 rings (SSSR count). The Morgan fingerprint density at radius 3 is 1.91 bits per heavy atom. The average molecular weight is 296 g/mol. The van der Waals surface area contributed by atoms with Crippen LogP contribution in [0.25, 0.3) is 0 Å². The van der Waals surface area contributed by atoms with E-state index in [1.54, 1.807) is 11.1 Å². The van der Waals surface area contributed by atoms with Gasteiger partial charge in [-0.05, 0) is 97.3 Å². The van der Waals surface area contributed by atoms with E-state index in [0.29, 0.717) is 0 Å². The minimum atomic E-state index is 0.836. The molecule has 1 aromatic rings. The number of benzene rings is 1. The van der Waals surface area contributed by atoms with Gasteiger partial charge < -0.3 is 4.74 Å². The minimum Gasteiger partial charge on any atom is -0.497 e. The van der Waals surface area contributed by atoms with Crippen LogP contribution in [0.5, 0.6) is 5.75 Å². The van der Waals surface area contributed by atoms with E-state index in [4.69, 9.17) is 4.74 Å². The van der Waals surface area contributed by atoms with E-state index >= 15 is 0 Å². The Labute approximate surface area is 134 Å². The highest BCUT2D eigenvalue weighted by Gasteiger charge is 2.44. The van der Waals surface area contributed by atoms with Crippen LogP contribution in [0.3, 0.4) is 0 Å². The van der Waals surface area contributed by atoms with E-state index in [9.17, 15) is 0 Å². The molecule has 0 unspecified atom stereocenters. The van der Waals surface area contributed by atoms with Gasteiger partial charge in [-0.1, -0.05) is 18.9 Å². The summed E-state index contributed by atoms with van der Waals surface area (Å²) in [6.07, 6.45) is 11.9. The normalized spacial score (nSPS) is 42.2. The zero-order chi connectivity index (χ0) is 14.7. The summed E-state index contributed by atoms with van der Waals surface area (Å²) in [6.45, 7) is 0. The van der Waals surface area contributed by atoms with Crippen LogP contribution in [-0.4, -0.2) is 7.11 Å². The second kappa shape index (κ2) is 5.01. The van der Waals surface area contributed by atoms with Crippen molar-refractivity contribution < 1.29 is 4.74 Å². The van der Waals surface area contributed by atoms with Crippen LogP contribution < -0.4 is 4.74 Å². The Kier molecular flexibility index (Phi) is 3.06. The number of fused-ring (bicyclic) bond motifs is 4. The molecule has 0 N–H and O–H groups in total. The first-order chi connectivity index (χ1) is 10.8. The highest BCUT2D eigenvalue weighted by Crippen LogP contribution is 2.58. The predicted octanol–water partition coefficient (Wildman–Crippen LogP) is 5.50. The summed E-state index contributed by atoms with van der Waals surface area (Å²) in [6, 6.07) is 7.07. The van der Waals surface area contributed by atoms with Gasteiger partial charge in [0.05, 0.1) is 7.11 Å². The Morgan fingerprint density at radius 2 is 1.41 bits per heavy atom. The number of ether oxygens (including phenoxy) is 1. The van der Waals surface area contributed by atoms with Crippen LogP contribution in [-0.2, 0) is 0 Å². The topological polar surface area (TPSA) is 9.23 Å². The molecule has 0 radical (unpaired) electrons. The zero-order valence-corrected chi connectivity index (χ0v) is 13.8. The largest absolute Gasteiger partial charge is 0.497 e. The lowest BCUT2D eigenvalue weighted by atomic mass is 9.75. The summed E-state index contributed by atoms with van der Waals surface area (Å²) in [5.74, 6) is 6.77. The monoisotopic (exact) mass is 296 g/mol. The molecule has 0 aliphatic heterocycles. The van der Waals surface area contributed by atoms with Crippen LogP contribution in [0.2, 0.25) is 0 Å². The molecule has 0 spiro atoms. The van der Waals surface area contributed by atoms with E-state index in [1.807, 2.05) is 7.11 Å². The zero-order valence-electron chi connectivity index (χ0n) is 13.8. The van der Waals surface area contributed by atoms with Crippen LogP contribution in [0.15, 0.2) is 18.2 Å². The third-order valence-corrected chi connectivity index (χ3v) is 7.57. The molecule has 0 saturated heterocycles. The SMILES string of the molecule is COc1ccc([C@@H]2C[C@H]3CC[C@@H]2C3)c([C@@H]2C[C@H]3CC[C@@H]2C3)c1. The van der Waals surface area contributed by atoms with Crippen molar-refractivity contribution in [2.75, 3.05) is 7.11 Å². The Bertz CT molecular complexity index is 577. The molecule has 118 valence electrons. The first kappa shape index (κ1) is 13.5. The molecule has 1 heteroatoms. The maximum absolute atomic E-state index is 5.57. The highest BCUT2D eigenvalue weighted by molar-refractivity contribution is 5.42. The molecule has 0 heterocycles. The minimum absolute atomic E-state index is 0.836. The van der Waals surface area contributed by atoms with Gasteiger partial charge in [0, 0.05) is 0 Å². The summed E-state index contributed by atoms with van der Waals surface area (Å²) in [5.41, 5.74) is 3.40. The lowest BCUT2D eigenvalue weighted by molar-refractivity contribution is 0.387. The standard InChI is InChI=1S/C21H28O/c1-22-17-6-7-18(19-10-13-2-4-15(19)8-13)21(12-17)20-11-14-3-5-16(20)9-14/h6-7,12-16,19-20H,2-5,8-11H2,1H3/t13-,14-,15+,16+,19+,20+/m0/s1. The van der Waals surface area contributed by atoms with Gasteiger partial charge in [0.15, 0.2) is 0 Å². The lowest BCUT2D eigenvalue weighted by Crippen LogP contribution is -2.16. The number of hydrogen-bond acceptors (Lipinski definition) is 1. The summed E-state index contributed by atoms with van der Waals surface area (Å²) >= 11 is 0. The molecule has 22 heavy (non-hydrogen) atoms. The Balaban J connectivity index is 1.53. The maximum Gasteiger partial charge on any atom is 0.119 e. The lowest BCUT2D eigenvalue weighted by Gasteiger charge is -2.30. The van der Waals surface area contributed by atoms with Crippen LogP contribution >= 0.6 is 0 Å². The summed E-state index contributed by atoms with van der Waals surface area (Å²) in [7, 11) is 1.82. The fourth-order valence-electron chi connectivity index (χ4n) is 6.59. The van der Waals surface area contributed by atoms with E-state index < -0.39 is 0 Å². The molecule has 1 nitrogen and oxygen atoms in total. The molecule has 1 aromatic carbocycles. The van der Waals surface area contributed by atoms with E-state index in [2.05, 4.69) is 18.2 Å². The molecule has 4 aliphatic rings. The van der Waals surface area contributed by atoms with Gasteiger partial charge >= 0.3 is 0 Å². The van der Waals surface area contributed by atoms with E-state index in [1.165, 1.54) is 51.4 Å². The fraction of sp³-hybridized carbons (Fsp3) is 0.714. The highest BCUT2D eigenvalue weighted by atomic mass is 16.5. The van der Waals surface area contributed by atoms with Crippen molar-refractivity contribution in [1.29, 1.82) is 0 Å². The fourth-order valence-corrected chi connectivity index (χ4v) is 6.59. The van der Waals surface area contributed by atoms with Crippen molar-refractivity contribution in [2.24, 2.45) is 23.7 Å². The van der Waals surface area contributed by atoms with E-state index in [-0.39, 0.29) is 0 Å². The number of hydrogen-bond donors (Lipinski definition) is 0. The van der Waals surface area contributed by atoms with Crippen molar-refractivity contribution in [2.45, 2.75) is 63.2 Å². The van der Waals surface area contributed by atoms with Crippen LogP contribution in [0.1, 0.15) is 74.3 Å². The van der Waals surface area contributed by atoms with Gasteiger partial charge in [0.1, 0.15) is 5.75 Å². The van der Waals surface area contributed by atoms with Crippen molar-refractivity contribution in [3.8, 4) is 5.75 Å². The van der Waals surface area contributed by atoms with Gasteiger partial charge in [-0.25, -0.2) is 0 Å². The Morgan fingerprint density at radius 1 is 0.773 bits per heavy atom. The molecule has 0 amide bonds. The maximum atomic E-state index is 5.57. The average Bonchev–Trinajstić information content (AvgIpc) is 3.33. The van der Waals surface area contributed by atoms with Crippen LogP contribution in [0.4, 0.5) is 0 Å². The molecule has 0 aromatic heterocycles. The van der Waals surface area contributed by atoms with Gasteiger partial charge in [-0.2, -0.15) is 0 Å². The van der Waals surface area contributed by atoms with Crippen molar-refractivity contribution in [3.63, 3.8) is 0 Å². The third-order valence-electron chi connectivity index (χ3n) is 7.57. The summed E-state index contributed by atoms with van der Waals surface area (Å²) in [4.78, 5) is 0. The molecule has 4 saturated carbocycles. The molecule has 6 atom stereocenters. The Hall–Kier alpha value is -0.980. The molecule has 4 bridgehead atoms. The van der Waals surface area contributed by atoms with Crippen molar-refractivity contribution in [1.82, 2.24) is 0 Å². The first-order valence-corrected chi connectivity index (χ1v) is 9.49. The van der Waals surface area contributed by atoms with Crippen molar-refractivity contribution >= 4 is 0 Å². The van der Waals surface area contributed by atoms with Gasteiger partial charge in [-0.15, -0.1) is 0 Å². The van der Waals surface area contributed by atoms with Gasteiger partial charge in [-0.3, -0.25) is 0 Å². The predicted molar refractivity (Wildman–Crippen MR) is 89.4 cm³/mol. The summed E-state index contributed by atoms with van der Waals surface area (Å²) in [5, 5.41) is 0. The molecular weight excluding hydrogens is 268 g/mol. The van der Waals surface area contributed by atoms with Gasteiger partial charge in [0.25, 0.3) is 0 Å². The second-order valence-electron chi connectivity index (χ2n) is 8.56. The second-order valence-corrected chi connectivity index (χ2v) is 8.56. The van der Waals surface area contributed by atoms with Gasteiger partial charge in [0.2, 0.25) is 0 Å². The molecule has 4 aliphatic carbocycles. The smallest absolute Gasteiger partial charge is 0.119 e. The van der Waals surface area contributed by atoms with E-state index in [0.717, 1.165) is 41.3 Å². The molecule has 4 fully saturated rings. The van der Waals surface area contributed by atoms with Crippen molar-refractivity contribution in [3.05, 3.63) is 29.3 Å².